The van der Waals surface area contributed by atoms with Crippen molar-refractivity contribution in [1.82, 2.24) is 5.32 Å². The van der Waals surface area contributed by atoms with Gasteiger partial charge in [0.15, 0.2) is 0 Å². The van der Waals surface area contributed by atoms with Gasteiger partial charge >= 0.3 is 0 Å². The predicted molar refractivity (Wildman–Crippen MR) is 74.1 cm³/mol. The molecule has 0 heterocycles. The maximum Gasteiger partial charge on any atom is 0.242 e. The zero-order valence-corrected chi connectivity index (χ0v) is 11.1. The Hall–Kier alpha value is -1.22. The first kappa shape index (κ1) is 12.8. The van der Waals surface area contributed by atoms with Crippen LogP contribution in [0.25, 0.3) is 0 Å². The number of para-hydroxylation sites is 1. The van der Waals surface area contributed by atoms with Crippen molar-refractivity contribution < 1.29 is 4.79 Å². The lowest BCUT2D eigenvalue weighted by Crippen LogP contribution is -2.37. The summed E-state index contributed by atoms with van der Waals surface area (Å²) < 4.78 is 1.08. The van der Waals surface area contributed by atoms with Crippen LogP contribution in [0.5, 0.6) is 0 Å². The first-order valence-corrected chi connectivity index (χ1v) is 5.95. The predicted octanol–water partition coefficient (Wildman–Crippen LogP) is 1.84. The molecule has 0 bridgehead atoms. The monoisotopic (exact) mass is 328 g/mol. The Morgan fingerprint density at radius 3 is 2.88 bits per heavy atom. The number of carbonyl (C=O) groups is 1. The van der Waals surface area contributed by atoms with Gasteiger partial charge in [0.05, 0.1) is 6.54 Å². The lowest BCUT2D eigenvalue weighted by atomic mass is 10.2. The molecule has 1 amide bonds. The second kappa shape index (κ2) is 6.38. The molecule has 0 fully saturated rings. The first-order valence-electron chi connectivity index (χ1n) is 4.87. The number of carbonyl (C=O) groups excluding carboxylic acids is 1. The summed E-state index contributed by atoms with van der Waals surface area (Å²) in [5.41, 5.74) is 0.950. The summed E-state index contributed by atoms with van der Waals surface area (Å²) >= 11 is 2.22. The van der Waals surface area contributed by atoms with Gasteiger partial charge in [-0.2, -0.15) is 0 Å². The normalized spacial score (nSPS) is 11.3. The van der Waals surface area contributed by atoms with Gasteiger partial charge in [0.25, 0.3) is 0 Å². The molecule has 16 heavy (non-hydrogen) atoms. The molecule has 1 atom stereocenters. The van der Waals surface area contributed by atoms with Gasteiger partial charge in [-0.1, -0.05) is 18.1 Å². The third kappa shape index (κ3) is 3.74. The molecule has 84 valence electrons. The highest BCUT2D eigenvalue weighted by Gasteiger charge is 2.12. The highest BCUT2D eigenvalue weighted by molar-refractivity contribution is 14.1. The molecule has 4 heteroatoms. The molecule has 1 aromatic carbocycles. The molecule has 0 saturated carbocycles. The molecule has 1 aromatic rings. The van der Waals surface area contributed by atoms with Crippen molar-refractivity contribution in [1.29, 1.82) is 0 Å². The zero-order chi connectivity index (χ0) is 12.0. The van der Waals surface area contributed by atoms with Gasteiger partial charge in [-0.3, -0.25) is 4.79 Å². The van der Waals surface area contributed by atoms with Gasteiger partial charge in [0, 0.05) is 9.26 Å². The molecule has 1 rings (SSSR count). The van der Waals surface area contributed by atoms with Gasteiger partial charge in [-0.15, -0.1) is 6.42 Å². The Morgan fingerprint density at radius 1 is 1.56 bits per heavy atom. The van der Waals surface area contributed by atoms with E-state index >= 15 is 0 Å². The average molecular weight is 328 g/mol. The molecule has 0 aliphatic rings. The van der Waals surface area contributed by atoms with Crippen molar-refractivity contribution in [3.63, 3.8) is 0 Å². The fraction of sp³-hybridized carbons (Fsp3) is 0.250. The Morgan fingerprint density at radius 2 is 2.25 bits per heavy atom. The fourth-order valence-electron chi connectivity index (χ4n) is 1.17. The molecule has 0 radical (unpaired) electrons. The van der Waals surface area contributed by atoms with Crippen LogP contribution in [0.15, 0.2) is 24.3 Å². The summed E-state index contributed by atoms with van der Waals surface area (Å²) in [7, 11) is 0. The summed E-state index contributed by atoms with van der Waals surface area (Å²) in [6.07, 6.45) is 5.07. The minimum atomic E-state index is -0.302. The van der Waals surface area contributed by atoms with E-state index in [-0.39, 0.29) is 18.5 Å². The van der Waals surface area contributed by atoms with Crippen LogP contribution in [0.2, 0.25) is 0 Å². The zero-order valence-electron chi connectivity index (χ0n) is 8.96. The first-order chi connectivity index (χ1) is 7.65. The number of amides is 1. The summed E-state index contributed by atoms with van der Waals surface area (Å²) in [4.78, 5) is 11.5. The van der Waals surface area contributed by atoms with Crippen LogP contribution in [-0.2, 0) is 4.79 Å². The van der Waals surface area contributed by atoms with Gasteiger partial charge in [-0.05, 0) is 41.6 Å². The lowest BCUT2D eigenvalue weighted by Gasteiger charge is -2.15. The third-order valence-electron chi connectivity index (χ3n) is 2.00. The standard InChI is InChI=1S/C12H13IN2O/c1-3-8-14-12(16)9(2)15-11-7-5-4-6-10(11)13/h1,4-7,9,15H,8H2,2H3,(H,14,16). The van der Waals surface area contributed by atoms with E-state index in [0.717, 1.165) is 9.26 Å². The number of hydrogen-bond donors (Lipinski definition) is 2. The molecule has 0 aliphatic carbocycles. The van der Waals surface area contributed by atoms with Crippen LogP contribution in [-0.4, -0.2) is 18.5 Å². The third-order valence-corrected chi connectivity index (χ3v) is 2.94. The summed E-state index contributed by atoms with van der Waals surface area (Å²) in [6.45, 7) is 2.06. The summed E-state index contributed by atoms with van der Waals surface area (Å²) in [5, 5.41) is 5.76. The fourth-order valence-corrected chi connectivity index (χ4v) is 1.71. The number of halogens is 1. The Kier molecular flexibility index (Phi) is 5.12. The summed E-state index contributed by atoms with van der Waals surface area (Å²) in [5.74, 6) is 2.27. The maximum atomic E-state index is 11.5. The summed E-state index contributed by atoms with van der Waals surface area (Å²) in [6, 6.07) is 7.50. The second-order valence-corrected chi connectivity index (χ2v) is 4.43. The van der Waals surface area contributed by atoms with E-state index in [1.165, 1.54) is 0 Å². The Bertz CT molecular complexity index is 412. The largest absolute Gasteiger partial charge is 0.373 e. The molecule has 0 saturated heterocycles. The minimum Gasteiger partial charge on any atom is -0.373 e. The van der Waals surface area contributed by atoms with Crippen LogP contribution < -0.4 is 10.6 Å². The van der Waals surface area contributed by atoms with Crippen LogP contribution >= 0.6 is 22.6 Å². The van der Waals surface area contributed by atoms with Crippen molar-refractivity contribution in [3.05, 3.63) is 27.8 Å². The van der Waals surface area contributed by atoms with Gasteiger partial charge in [0.2, 0.25) is 5.91 Å². The van der Waals surface area contributed by atoms with Gasteiger partial charge < -0.3 is 10.6 Å². The Labute approximate surface area is 109 Å². The number of benzene rings is 1. The number of hydrogen-bond acceptors (Lipinski definition) is 2. The molecule has 1 unspecified atom stereocenters. The number of terminal acetylenes is 1. The van der Waals surface area contributed by atoms with Crippen molar-refractivity contribution in [2.45, 2.75) is 13.0 Å². The van der Waals surface area contributed by atoms with Crippen molar-refractivity contribution >= 4 is 34.2 Å². The van der Waals surface area contributed by atoms with Crippen LogP contribution in [0.1, 0.15) is 6.92 Å². The molecular formula is C12H13IN2O. The minimum absolute atomic E-state index is 0.0994. The van der Waals surface area contributed by atoms with E-state index in [9.17, 15) is 4.79 Å². The van der Waals surface area contributed by atoms with Crippen molar-refractivity contribution in [2.24, 2.45) is 0 Å². The van der Waals surface area contributed by atoms with E-state index in [2.05, 4.69) is 39.1 Å². The second-order valence-electron chi connectivity index (χ2n) is 3.27. The van der Waals surface area contributed by atoms with Gasteiger partial charge in [0.1, 0.15) is 6.04 Å². The molecule has 0 aliphatic heterocycles. The van der Waals surface area contributed by atoms with Crippen LogP contribution in [0, 0.1) is 15.9 Å². The van der Waals surface area contributed by atoms with Crippen molar-refractivity contribution in [3.8, 4) is 12.3 Å². The van der Waals surface area contributed by atoms with Crippen molar-refractivity contribution in [2.75, 3.05) is 11.9 Å². The highest BCUT2D eigenvalue weighted by Crippen LogP contribution is 2.17. The topological polar surface area (TPSA) is 41.1 Å². The number of nitrogens with one attached hydrogen (secondary N) is 2. The number of anilines is 1. The van der Waals surface area contributed by atoms with E-state index in [0.29, 0.717) is 0 Å². The quantitative estimate of drug-likeness (QED) is 0.654. The molecule has 2 N–H and O–H groups in total. The lowest BCUT2D eigenvalue weighted by molar-refractivity contribution is -0.121. The van der Waals surface area contributed by atoms with E-state index in [1.54, 1.807) is 6.92 Å². The average Bonchev–Trinajstić information content (AvgIpc) is 2.28. The molecule has 0 spiro atoms. The highest BCUT2D eigenvalue weighted by atomic mass is 127. The Balaban J connectivity index is 2.58. The van der Waals surface area contributed by atoms with E-state index in [4.69, 9.17) is 6.42 Å². The smallest absolute Gasteiger partial charge is 0.242 e. The van der Waals surface area contributed by atoms with E-state index < -0.39 is 0 Å². The van der Waals surface area contributed by atoms with E-state index in [1.807, 2.05) is 24.3 Å². The van der Waals surface area contributed by atoms with Crippen LogP contribution in [0.4, 0.5) is 5.69 Å². The van der Waals surface area contributed by atoms with Crippen LogP contribution in [0.3, 0.4) is 0 Å². The molecule has 0 aromatic heterocycles. The SMILES string of the molecule is C#CCNC(=O)C(C)Nc1ccccc1I. The molecular weight excluding hydrogens is 315 g/mol. The molecule has 3 nitrogen and oxygen atoms in total. The maximum absolute atomic E-state index is 11.5. The van der Waals surface area contributed by atoms with Gasteiger partial charge in [-0.25, -0.2) is 0 Å². The number of rotatable bonds is 4.